The zero-order valence-corrected chi connectivity index (χ0v) is 13.9. The molecule has 0 unspecified atom stereocenters. The predicted molar refractivity (Wildman–Crippen MR) is 88.1 cm³/mol. The minimum absolute atomic E-state index is 0.302. The molecular weight excluding hydrogens is 296 g/mol. The molecule has 0 fully saturated rings. The Kier molecular flexibility index (Phi) is 3.70. The molecule has 0 aliphatic heterocycles. The van der Waals surface area contributed by atoms with Crippen LogP contribution in [0.5, 0.6) is 0 Å². The Labute approximate surface area is 132 Å². The van der Waals surface area contributed by atoms with Crippen molar-refractivity contribution in [3.63, 3.8) is 0 Å². The van der Waals surface area contributed by atoms with Gasteiger partial charge >= 0.3 is 0 Å². The quantitative estimate of drug-likeness (QED) is 0.730. The van der Waals surface area contributed by atoms with Gasteiger partial charge in [-0.15, -0.1) is 0 Å². The number of aromatic nitrogens is 3. The molecule has 3 rings (SSSR count). The summed E-state index contributed by atoms with van der Waals surface area (Å²) in [6.45, 7) is 6.91. The van der Waals surface area contributed by atoms with Crippen LogP contribution in [0.1, 0.15) is 28.5 Å². The van der Waals surface area contributed by atoms with E-state index in [1.807, 2.05) is 18.5 Å². The molecule has 0 N–H and O–H groups in total. The van der Waals surface area contributed by atoms with Crippen LogP contribution in [0.15, 0.2) is 29.4 Å². The summed E-state index contributed by atoms with van der Waals surface area (Å²) in [6.07, 6.45) is 1.79. The topological polar surface area (TPSA) is 52.2 Å². The van der Waals surface area contributed by atoms with Crippen molar-refractivity contribution in [2.75, 3.05) is 0 Å². The normalized spacial score (nSPS) is 12.3. The van der Waals surface area contributed by atoms with Crippen LogP contribution in [0, 0.1) is 13.8 Å². The molecule has 0 aliphatic carbocycles. The van der Waals surface area contributed by atoms with Crippen molar-refractivity contribution in [1.82, 2.24) is 14.3 Å². The zero-order valence-electron chi connectivity index (χ0n) is 13.1. The number of nitrogens with zero attached hydrogens (tertiary/aromatic N) is 4. The Morgan fingerprint density at radius 2 is 2.09 bits per heavy atom. The first-order chi connectivity index (χ1) is 10.5. The highest BCUT2D eigenvalue weighted by molar-refractivity contribution is 7.16. The number of rotatable bonds is 2. The van der Waals surface area contributed by atoms with Crippen molar-refractivity contribution in [1.29, 1.82) is 0 Å². The first kappa shape index (κ1) is 14.7. The number of hydrogen-bond acceptors (Lipinski definition) is 3. The highest BCUT2D eigenvalue weighted by atomic mass is 32.1. The van der Waals surface area contributed by atoms with E-state index < -0.39 is 0 Å². The van der Waals surface area contributed by atoms with Crippen LogP contribution < -0.4 is 4.80 Å². The first-order valence-corrected chi connectivity index (χ1v) is 8.01. The van der Waals surface area contributed by atoms with Crippen LogP contribution in [0.3, 0.4) is 0 Å². The highest BCUT2D eigenvalue weighted by Gasteiger charge is 2.11. The summed E-state index contributed by atoms with van der Waals surface area (Å²) in [5.74, 6) is -0.302. The molecule has 0 saturated carbocycles. The number of aryl methyl sites for hydroxylation is 4. The summed E-state index contributed by atoms with van der Waals surface area (Å²) in [4.78, 5) is 17.2. The molecule has 0 bridgehead atoms. The third-order valence-corrected chi connectivity index (χ3v) is 4.97. The lowest BCUT2D eigenvalue weighted by atomic mass is 10.1. The molecule has 114 valence electrons. The third kappa shape index (κ3) is 2.39. The van der Waals surface area contributed by atoms with Crippen molar-refractivity contribution in [2.24, 2.45) is 12.0 Å². The van der Waals surface area contributed by atoms with Gasteiger partial charge in [0, 0.05) is 19.8 Å². The van der Waals surface area contributed by atoms with Crippen LogP contribution in [-0.4, -0.2) is 20.3 Å². The van der Waals surface area contributed by atoms with E-state index in [1.54, 1.807) is 16.9 Å². The second kappa shape index (κ2) is 5.53. The van der Waals surface area contributed by atoms with E-state index >= 15 is 0 Å². The molecule has 0 aliphatic rings. The second-order valence-electron chi connectivity index (χ2n) is 5.27. The van der Waals surface area contributed by atoms with Gasteiger partial charge in [-0.05, 0) is 44.0 Å². The lowest BCUT2D eigenvalue weighted by Crippen LogP contribution is -2.14. The van der Waals surface area contributed by atoms with Gasteiger partial charge in [-0.3, -0.25) is 9.48 Å². The van der Waals surface area contributed by atoms with Crippen molar-refractivity contribution in [2.45, 2.75) is 27.3 Å². The van der Waals surface area contributed by atoms with E-state index in [0.29, 0.717) is 10.5 Å². The van der Waals surface area contributed by atoms with Gasteiger partial charge in [0.25, 0.3) is 5.91 Å². The Morgan fingerprint density at radius 3 is 2.77 bits per heavy atom. The lowest BCUT2D eigenvalue weighted by Gasteiger charge is -2.03. The number of hydrogen-bond donors (Lipinski definition) is 0. The zero-order chi connectivity index (χ0) is 15.9. The Hall–Kier alpha value is -2.21. The Bertz CT molecular complexity index is 929. The summed E-state index contributed by atoms with van der Waals surface area (Å²) < 4.78 is 4.84. The number of benzene rings is 1. The molecule has 0 radical (unpaired) electrons. The summed E-state index contributed by atoms with van der Waals surface area (Å²) in [6, 6.07) is 5.89. The van der Waals surface area contributed by atoms with Crippen molar-refractivity contribution >= 4 is 27.5 Å². The maximum absolute atomic E-state index is 12.3. The number of fused-ring (bicyclic) bond motifs is 1. The Morgan fingerprint density at radius 1 is 1.32 bits per heavy atom. The van der Waals surface area contributed by atoms with Crippen LogP contribution in [0.25, 0.3) is 10.2 Å². The van der Waals surface area contributed by atoms with E-state index in [-0.39, 0.29) is 5.91 Å². The molecule has 0 spiro atoms. The van der Waals surface area contributed by atoms with Crippen molar-refractivity contribution in [3.05, 3.63) is 46.0 Å². The minimum Gasteiger partial charge on any atom is -0.319 e. The van der Waals surface area contributed by atoms with E-state index in [1.165, 1.54) is 22.5 Å². The van der Waals surface area contributed by atoms with Gasteiger partial charge in [0.2, 0.25) is 0 Å². The summed E-state index contributed by atoms with van der Waals surface area (Å²) >= 11 is 1.52. The summed E-state index contributed by atoms with van der Waals surface area (Å²) in [7, 11) is 1.95. The molecule has 3 aromatic rings. The van der Waals surface area contributed by atoms with Gasteiger partial charge in [0.05, 0.1) is 10.2 Å². The fourth-order valence-corrected chi connectivity index (χ4v) is 3.51. The third-order valence-electron chi connectivity index (χ3n) is 3.87. The average molecular weight is 314 g/mol. The maximum atomic E-state index is 12.3. The van der Waals surface area contributed by atoms with Gasteiger partial charge in [-0.25, -0.2) is 0 Å². The molecule has 0 atom stereocenters. The maximum Gasteiger partial charge on any atom is 0.300 e. The van der Waals surface area contributed by atoms with Crippen LogP contribution in [0.2, 0.25) is 0 Å². The van der Waals surface area contributed by atoms with Crippen molar-refractivity contribution in [3.8, 4) is 0 Å². The largest absolute Gasteiger partial charge is 0.319 e. The molecule has 1 aromatic carbocycles. The molecule has 2 aromatic heterocycles. The summed E-state index contributed by atoms with van der Waals surface area (Å²) in [5, 5.41) is 4.21. The molecule has 2 heterocycles. The smallest absolute Gasteiger partial charge is 0.300 e. The predicted octanol–water partition coefficient (Wildman–Crippen LogP) is 2.81. The number of amides is 1. The monoisotopic (exact) mass is 314 g/mol. The SMILES string of the molecule is CCn1ccc(C(=O)N=c2sc3ccc(C)c(C)c3n2C)n1. The summed E-state index contributed by atoms with van der Waals surface area (Å²) in [5.41, 5.74) is 3.98. The van der Waals surface area contributed by atoms with E-state index in [2.05, 4.69) is 36.1 Å². The van der Waals surface area contributed by atoms with Gasteiger partial charge in [0.15, 0.2) is 10.5 Å². The fourth-order valence-electron chi connectivity index (χ4n) is 2.43. The van der Waals surface area contributed by atoms with Crippen molar-refractivity contribution < 1.29 is 4.79 Å². The minimum atomic E-state index is -0.302. The number of thiazole rings is 1. The average Bonchev–Trinajstić information content (AvgIpc) is 3.09. The Balaban J connectivity index is 2.11. The lowest BCUT2D eigenvalue weighted by molar-refractivity contribution is 0.0992. The molecule has 5 nitrogen and oxygen atoms in total. The molecular formula is C16H18N4OS. The number of carbonyl (C=O) groups is 1. The van der Waals surface area contributed by atoms with Crippen LogP contribution >= 0.6 is 11.3 Å². The highest BCUT2D eigenvalue weighted by Crippen LogP contribution is 2.22. The van der Waals surface area contributed by atoms with E-state index in [4.69, 9.17) is 0 Å². The van der Waals surface area contributed by atoms with Gasteiger partial charge in [-0.1, -0.05) is 17.4 Å². The molecule has 0 saturated heterocycles. The fraction of sp³-hybridized carbons (Fsp3) is 0.312. The second-order valence-corrected chi connectivity index (χ2v) is 6.28. The van der Waals surface area contributed by atoms with E-state index in [0.717, 1.165) is 16.8 Å². The standard InChI is InChI=1S/C16H18N4OS/c1-5-20-9-8-12(18-20)15(21)17-16-19(4)14-11(3)10(2)6-7-13(14)22-16/h6-9H,5H2,1-4H3. The number of carbonyl (C=O) groups excluding carboxylic acids is 1. The molecule has 6 heteroatoms. The van der Waals surface area contributed by atoms with E-state index in [9.17, 15) is 4.79 Å². The van der Waals surface area contributed by atoms with Crippen LogP contribution in [-0.2, 0) is 13.6 Å². The van der Waals surface area contributed by atoms with Gasteiger partial charge in [0.1, 0.15) is 0 Å². The first-order valence-electron chi connectivity index (χ1n) is 7.19. The van der Waals surface area contributed by atoms with Gasteiger partial charge in [-0.2, -0.15) is 10.1 Å². The van der Waals surface area contributed by atoms with Gasteiger partial charge < -0.3 is 4.57 Å². The molecule has 22 heavy (non-hydrogen) atoms. The molecule has 1 amide bonds. The van der Waals surface area contributed by atoms with Crippen LogP contribution in [0.4, 0.5) is 0 Å².